The SMILES string of the molecule is CNCc1ccnc(N(C)Cc2ccc(Cl)s2)c1F. The first-order valence-electron chi connectivity index (χ1n) is 5.85. The molecule has 19 heavy (non-hydrogen) atoms. The summed E-state index contributed by atoms with van der Waals surface area (Å²) in [6.45, 7) is 1.07. The van der Waals surface area contributed by atoms with E-state index in [0.717, 1.165) is 9.21 Å². The van der Waals surface area contributed by atoms with Crippen LogP contribution in [0.1, 0.15) is 10.4 Å². The summed E-state index contributed by atoms with van der Waals surface area (Å²) in [6.07, 6.45) is 1.63. The maximum absolute atomic E-state index is 14.3. The van der Waals surface area contributed by atoms with Crippen LogP contribution in [0.3, 0.4) is 0 Å². The van der Waals surface area contributed by atoms with E-state index in [1.54, 1.807) is 24.2 Å². The summed E-state index contributed by atoms with van der Waals surface area (Å²) < 4.78 is 15.0. The molecule has 2 rings (SSSR count). The van der Waals surface area contributed by atoms with Crippen LogP contribution in [0.2, 0.25) is 4.34 Å². The first kappa shape index (κ1) is 14.2. The van der Waals surface area contributed by atoms with Gasteiger partial charge in [0.2, 0.25) is 0 Å². The number of hydrogen-bond acceptors (Lipinski definition) is 4. The standard InChI is InChI=1S/C13H15ClFN3S/c1-16-7-9-5-6-17-13(12(9)15)18(2)8-10-3-4-11(14)19-10/h3-6,16H,7-8H2,1-2H3. The van der Waals surface area contributed by atoms with Gasteiger partial charge in [-0.1, -0.05) is 11.6 Å². The van der Waals surface area contributed by atoms with E-state index in [4.69, 9.17) is 11.6 Å². The Hall–Kier alpha value is -1.17. The van der Waals surface area contributed by atoms with Crippen molar-refractivity contribution in [3.8, 4) is 0 Å². The lowest BCUT2D eigenvalue weighted by molar-refractivity contribution is 0.590. The zero-order valence-corrected chi connectivity index (χ0v) is 12.4. The average molecular weight is 300 g/mol. The highest BCUT2D eigenvalue weighted by Gasteiger charge is 2.13. The smallest absolute Gasteiger partial charge is 0.170 e. The highest BCUT2D eigenvalue weighted by atomic mass is 35.5. The van der Waals surface area contributed by atoms with Gasteiger partial charge in [0.1, 0.15) is 0 Å². The quantitative estimate of drug-likeness (QED) is 0.918. The molecule has 0 aromatic carbocycles. The largest absolute Gasteiger partial charge is 0.352 e. The van der Waals surface area contributed by atoms with E-state index >= 15 is 0 Å². The Morgan fingerprint density at radius 1 is 1.42 bits per heavy atom. The lowest BCUT2D eigenvalue weighted by atomic mass is 10.2. The number of pyridine rings is 1. The van der Waals surface area contributed by atoms with Gasteiger partial charge in [-0.3, -0.25) is 0 Å². The van der Waals surface area contributed by atoms with Crippen molar-refractivity contribution in [1.29, 1.82) is 0 Å². The molecule has 0 aliphatic rings. The van der Waals surface area contributed by atoms with E-state index in [2.05, 4.69) is 10.3 Å². The van der Waals surface area contributed by atoms with Gasteiger partial charge in [0.05, 0.1) is 10.9 Å². The summed E-state index contributed by atoms with van der Waals surface area (Å²) >= 11 is 7.38. The predicted octanol–water partition coefficient (Wildman–Crippen LogP) is 3.29. The van der Waals surface area contributed by atoms with Crippen LogP contribution < -0.4 is 10.2 Å². The Balaban J connectivity index is 2.18. The van der Waals surface area contributed by atoms with Crippen LogP contribution in [-0.4, -0.2) is 19.1 Å². The number of anilines is 1. The molecular weight excluding hydrogens is 285 g/mol. The summed E-state index contributed by atoms with van der Waals surface area (Å²) in [5, 5.41) is 2.94. The molecule has 0 amide bonds. The van der Waals surface area contributed by atoms with Crippen LogP contribution in [0.25, 0.3) is 0 Å². The number of hydrogen-bond donors (Lipinski definition) is 1. The molecule has 102 valence electrons. The van der Waals surface area contributed by atoms with Gasteiger partial charge in [-0.15, -0.1) is 11.3 Å². The Morgan fingerprint density at radius 3 is 2.84 bits per heavy atom. The van der Waals surface area contributed by atoms with E-state index in [-0.39, 0.29) is 5.82 Å². The lowest BCUT2D eigenvalue weighted by Crippen LogP contribution is -2.20. The van der Waals surface area contributed by atoms with E-state index in [1.807, 2.05) is 19.2 Å². The maximum Gasteiger partial charge on any atom is 0.170 e. The topological polar surface area (TPSA) is 28.2 Å². The third kappa shape index (κ3) is 3.43. The molecule has 0 radical (unpaired) electrons. The highest BCUT2D eigenvalue weighted by molar-refractivity contribution is 7.16. The lowest BCUT2D eigenvalue weighted by Gasteiger charge is -2.19. The molecule has 0 saturated heterocycles. The van der Waals surface area contributed by atoms with E-state index in [0.29, 0.717) is 24.5 Å². The van der Waals surface area contributed by atoms with E-state index in [9.17, 15) is 4.39 Å². The predicted molar refractivity (Wildman–Crippen MR) is 78.4 cm³/mol. The van der Waals surface area contributed by atoms with Gasteiger partial charge in [0, 0.05) is 30.2 Å². The minimum Gasteiger partial charge on any atom is -0.352 e. The van der Waals surface area contributed by atoms with Gasteiger partial charge in [-0.2, -0.15) is 0 Å². The van der Waals surface area contributed by atoms with Crippen LogP contribution in [0.5, 0.6) is 0 Å². The number of aromatic nitrogens is 1. The summed E-state index contributed by atoms with van der Waals surface area (Å²) in [5.41, 5.74) is 0.614. The number of rotatable bonds is 5. The van der Waals surface area contributed by atoms with Crippen LogP contribution >= 0.6 is 22.9 Å². The molecule has 0 aliphatic heterocycles. The first-order valence-corrected chi connectivity index (χ1v) is 7.04. The average Bonchev–Trinajstić information content (AvgIpc) is 2.77. The zero-order chi connectivity index (χ0) is 13.8. The third-order valence-electron chi connectivity index (χ3n) is 2.70. The molecule has 0 atom stereocenters. The number of nitrogens with zero attached hydrogens (tertiary/aromatic N) is 2. The minimum absolute atomic E-state index is 0.276. The maximum atomic E-state index is 14.3. The molecule has 6 heteroatoms. The van der Waals surface area contributed by atoms with E-state index < -0.39 is 0 Å². The van der Waals surface area contributed by atoms with Crippen LogP contribution in [0, 0.1) is 5.82 Å². The fourth-order valence-electron chi connectivity index (χ4n) is 1.81. The van der Waals surface area contributed by atoms with Gasteiger partial charge in [0.15, 0.2) is 11.6 Å². The molecule has 0 fully saturated rings. The summed E-state index contributed by atoms with van der Waals surface area (Å²) in [7, 11) is 3.61. The molecule has 3 nitrogen and oxygen atoms in total. The fraction of sp³-hybridized carbons (Fsp3) is 0.308. The molecule has 0 unspecified atom stereocenters. The Morgan fingerprint density at radius 2 is 2.21 bits per heavy atom. The monoisotopic (exact) mass is 299 g/mol. The third-order valence-corrected chi connectivity index (χ3v) is 3.92. The van der Waals surface area contributed by atoms with Gasteiger partial charge < -0.3 is 10.2 Å². The molecule has 1 N–H and O–H groups in total. The Labute approximate surface area is 121 Å². The van der Waals surface area contributed by atoms with Crippen molar-refractivity contribution in [2.45, 2.75) is 13.1 Å². The molecule has 0 bridgehead atoms. The Bertz CT molecular complexity index is 559. The van der Waals surface area contributed by atoms with Gasteiger partial charge in [0.25, 0.3) is 0 Å². The minimum atomic E-state index is -0.276. The molecule has 0 saturated carbocycles. The second-order valence-corrected chi connectivity index (χ2v) is 6.00. The summed E-state index contributed by atoms with van der Waals surface area (Å²) in [4.78, 5) is 6.98. The van der Waals surface area contributed by atoms with Crippen LogP contribution in [-0.2, 0) is 13.1 Å². The summed E-state index contributed by atoms with van der Waals surface area (Å²) in [6, 6.07) is 5.47. The second kappa shape index (κ2) is 6.32. The molecule has 0 aliphatic carbocycles. The second-order valence-electron chi connectivity index (χ2n) is 4.20. The number of nitrogens with one attached hydrogen (secondary N) is 1. The molecule has 2 aromatic heterocycles. The molecular formula is C13H15ClFN3S. The fourth-order valence-corrected chi connectivity index (χ4v) is 2.95. The van der Waals surface area contributed by atoms with Crippen molar-refractivity contribution in [2.24, 2.45) is 0 Å². The van der Waals surface area contributed by atoms with Crippen molar-refractivity contribution in [1.82, 2.24) is 10.3 Å². The van der Waals surface area contributed by atoms with Crippen molar-refractivity contribution >= 4 is 28.8 Å². The van der Waals surface area contributed by atoms with Gasteiger partial charge >= 0.3 is 0 Å². The zero-order valence-electron chi connectivity index (χ0n) is 10.8. The van der Waals surface area contributed by atoms with Crippen molar-refractivity contribution in [3.05, 3.63) is 45.0 Å². The van der Waals surface area contributed by atoms with Gasteiger partial charge in [-0.25, -0.2) is 9.37 Å². The van der Waals surface area contributed by atoms with Crippen molar-refractivity contribution < 1.29 is 4.39 Å². The first-order chi connectivity index (χ1) is 9.11. The molecule has 2 aromatic rings. The molecule has 2 heterocycles. The number of thiophene rings is 1. The van der Waals surface area contributed by atoms with Crippen LogP contribution in [0.15, 0.2) is 24.4 Å². The van der Waals surface area contributed by atoms with Crippen molar-refractivity contribution in [2.75, 3.05) is 19.0 Å². The summed E-state index contributed by atoms with van der Waals surface area (Å²) in [5.74, 6) is 0.0827. The van der Waals surface area contributed by atoms with Crippen LogP contribution in [0.4, 0.5) is 10.2 Å². The Kier molecular flexibility index (Phi) is 4.74. The molecule has 0 spiro atoms. The highest BCUT2D eigenvalue weighted by Crippen LogP contribution is 2.25. The number of halogens is 2. The van der Waals surface area contributed by atoms with Crippen molar-refractivity contribution in [3.63, 3.8) is 0 Å². The van der Waals surface area contributed by atoms with E-state index in [1.165, 1.54) is 11.3 Å². The van der Waals surface area contributed by atoms with Gasteiger partial charge in [-0.05, 0) is 25.2 Å². The normalized spacial score (nSPS) is 10.7.